The second-order valence-electron chi connectivity index (χ2n) is 8.29. The number of benzene rings is 2. The van der Waals surface area contributed by atoms with Gasteiger partial charge < -0.3 is 14.5 Å². The van der Waals surface area contributed by atoms with Gasteiger partial charge in [-0.1, -0.05) is 48.9 Å². The molecule has 0 spiro atoms. The summed E-state index contributed by atoms with van der Waals surface area (Å²) in [4.78, 5) is 25.7. The standard InChI is InChI=1S/C24H31ClN2O3/c1-6-10-21(24(29)26-23-17(2)13-20(25)14-18(23)3)27(4,5)15-22(28)30-16-19-11-8-7-9-12-19/h7-9,11-14,21H,6,10,15-16H2,1-5H3/p+1. The lowest BCUT2D eigenvalue weighted by molar-refractivity contribution is -0.899. The van der Waals surface area contributed by atoms with Crippen molar-refractivity contribution in [2.75, 3.05) is 26.0 Å². The Balaban J connectivity index is 2.08. The first kappa shape index (κ1) is 23.9. The van der Waals surface area contributed by atoms with Crippen LogP contribution in [0.4, 0.5) is 5.69 Å². The summed E-state index contributed by atoms with van der Waals surface area (Å²) in [7, 11) is 3.79. The minimum atomic E-state index is -0.381. The van der Waals surface area contributed by atoms with Crippen LogP contribution in [0.3, 0.4) is 0 Å². The van der Waals surface area contributed by atoms with Gasteiger partial charge in [0, 0.05) is 17.1 Å². The van der Waals surface area contributed by atoms with Gasteiger partial charge in [0.05, 0.1) is 14.1 Å². The molecule has 0 bridgehead atoms. The molecule has 1 amide bonds. The van der Waals surface area contributed by atoms with E-state index in [-0.39, 0.29) is 35.6 Å². The quantitative estimate of drug-likeness (QED) is 0.454. The van der Waals surface area contributed by atoms with E-state index in [0.717, 1.165) is 28.8 Å². The van der Waals surface area contributed by atoms with Gasteiger partial charge in [0.15, 0.2) is 12.6 Å². The first-order chi connectivity index (χ1) is 14.1. The lowest BCUT2D eigenvalue weighted by Gasteiger charge is -2.36. The van der Waals surface area contributed by atoms with Crippen LogP contribution in [-0.2, 0) is 20.9 Å². The van der Waals surface area contributed by atoms with Gasteiger partial charge in [-0.05, 0) is 49.1 Å². The second-order valence-corrected chi connectivity index (χ2v) is 8.73. The summed E-state index contributed by atoms with van der Waals surface area (Å²) in [5, 5.41) is 3.71. The third-order valence-corrected chi connectivity index (χ3v) is 5.45. The Morgan fingerprint density at radius 1 is 1.10 bits per heavy atom. The van der Waals surface area contributed by atoms with Crippen molar-refractivity contribution in [3.63, 3.8) is 0 Å². The normalized spacial score (nSPS) is 12.3. The number of carbonyl (C=O) groups excluding carboxylic acids is 2. The molecule has 0 aliphatic rings. The van der Waals surface area contributed by atoms with Crippen molar-refractivity contribution in [3.8, 4) is 0 Å². The van der Waals surface area contributed by atoms with Gasteiger partial charge in [-0.25, -0.2) is 4.79 Å². The summed E-state index contributed by atoms with van der Waals surface area (Å²) < 4.78 is 5.66. The summed E-state index contributed by atoms with van der Waals surface area (Å²) in [6.07, 6.45) is 1.49. The van der Waals surface area contributed by atoms with Gasteiger partial charge >= 0.3 is 5.97 Å². The predicted octanol–water partition coefficient (Wildman–Crippen LogP) is 4.88. The molecule has 0 radical (unpaired) electrons. The van der Waals surface area contributed by atoms with E-state index in [1.165, 1.54) is 0 Å². The fourth-order valence-corrected chi connectivity index (χ4v) is 3.94. The number of ether oxygens (including phenoxy) is 1. The number of carbonyl (C=O) groups is 2. The van der Waals surface area contributed by atoms with Gasteiger partial charge in [-0.3, -0.25) is 4.79 Å². The van der Waals surface area contributed by atoms with Crippen molar-refractivity contribution in [1.29, 1.82) is 0 Å². The highest BCUT2D eigenvalue weighted by Crippen LogP contribution is 2.26. The lowest BCUT2D eigenvalue weighted by atomic mass is 10.1. The largest absolute Gasteiger partial charge is 0.457 e. The Labute approximate surface area is 184 Å². The van der Waals surface area contributed by atoms with Crippen LogP contribution in [-0.4, -0.2) is 43.0 Å². The van der Waals surface area contributed by atoms with Crippen LogP contribution in [0.5, 0.6) is 0 Å². The van der Waals surface area contributed by atoms with E-state index in [1.54, 1.807) is 0 Å². The lowest BCUT2D eigenvalue weighted by Crippen LogP contribution is -2.57. The van der Waals surface area contributed by atoms with Crippen molar-refractivity contribution in [2.24, 2.45) is 0 Å². The summed E-state index contributed by atoms with van der Waals surface area (Å²) in [6.45, 7) is 6.22. The second kappa shape index (κ2) is 10.6. The predicted molar refractivity (Wildman–Crippen MR) is 121 cm³/mol. The van der Waals surface area contributed by atoms with E-state index >= 15 is 0 Å². The molecule has 0 fully saturated rings. The number of halogens is 1. The number of quaternary nitrogens is 1. The molecule has 1 unspecified atom stereocenters. The highest BCUT2D eigenvalue weighted by Gasteiger charge is 2.36. The number of hydrogen-bond donors (Lipinski definition) is 1. The summed E-state index contributed by atoms with van der Waals surface area (Å²) in [5.41, 5.74) is 3.54. The first-order valence-corrected chi connectivity index (χ1v) is 10.6. The summed E-state index contributed by atoms with van der Waals surface area (Å²) in [5.74, 6) is -0.428. The molecular weight excluding hydrogens is 400 g/mol. The van der Waals surface area contributed by atoms with Crippen molar-refractivity contribution >= 4 is 29.2 Å². The van der Waals surface area contributed by atoms with Crippen molar-refractivity contribution < 1.29 is 18.8 Å². The van der Waals surface area contributed by atoms with Crippen LogP contribution in [0.2, 0.25) is 5.02 Å². The van der Waals surface area contributed by atoms with Crippen LogP contribution in [0.1, 0.15) is 36.5 Å². The van der Waals surface area contributed by atoms with E-state index < -0.39 is 0 Å². The molecule has 0 heterocycles. The highest BCUT2D eigenvalue weighted by molar-refractivity contribution is 6.30. The average Bonchev–Trinajstić information content (AvgIpc) is 2.67. The van der Waals surface area contributed by atoms with Gasteiger partial charge in [0.25, 0.3) is 5.91 Å². The van der Waals surface area contributed by atoms with E-state index in [2.05, 4.69) is 5.32 Å². The van der Waals surface area contributed by atoms with E-state index in [1.807, 2.05) is 77.3 Å². The first-order valence-electron chi connectivity index (χ1n) is 10.2. The van der Waals surface area contributed by atoms with E-state index in [9.17, 15) is 9.59 Å². The number of likely N-dealkylation sites (N-methyl/N-ethyl adjacent to an activating group) is 1. The third-order valence-electron chi connectivity index (χ3n) is 5.23. The molecule has 1 N–H and O–H groups in total. The molecule has 162 valence electrons. The maximum absolute atomic E-state index is 13.2. The summed E-state index contributed by atoms with van der Waals surface area (Å²) >= 11 is 6.11. The van der Waals surface area contributed by atoms with Crippen LogP contribution < -0.4 is 5.32 Å². The molecule has 2 aromatic rings. The topological polar surface area (TPSA) is 55.4 Å². The molecule has 1 atom stereocenters. The Bertz CT molecular complexity index is 858. The van der Waals surface area contributed by atoms with Crippen molar-refractivity contribution in [1.82, 2.24) is 0 Å². The Morgan fingerprint density at radius 2 is 1.70 bits per heavy atom. The number of esters is 1. The number of amides is 1. The van der Waals surface area contributed by atoms with Crippen molar-refractivity contribution in [3.05, 3.63) is 64.2 Å². The smallest absolute Gasteiger partial charge is 0.362 e. The van der Waals surface area contributed by atoms with Crippen LogP contribution in [0.15, 0.2) is 42.5 Å². The molecule has 0 aliphatic carbocycles. The van der Waals surface area contributed by atoms with Crippen LogP contribution in [0.25, 0.3) is 0 Å². The van der Waals surface area contributed by atoms with Gasteiger partial charge in [0.2, 0.25) is 0 Å². The Morgan fingerprint density at radius 3 is 2.27 bits per heavy atom. The molecule has 0 saturated carbocycles. The Kier molecular flexibility index (Phi) is 8.44. The minimum Gasteiger partial charge on any atom is -0.457 e. The van der Waals surface area contributed by atoms with E-state index in [0.29, 0.717) is 11.4 Å². The van der Waals surface area contributed by atoms with Crippen LogP contribution >= 0.6 is 11.6 Å². The molecule has 2 aromatic carbocycles. The fraction of sp³-hybridized carbons (Fsp3) is 0.417. The summed E-state index contributed by atoms with van der Waals surface area (Å²) in [6, 6.07) is 12.9. The minimum absolute atomic E-state index is 0.105. The van der Waals surface area contributed by atoms with Crippen LogP contribution in [0, 0.1) is 13.8 Å². The maximum atomic E-state index is 13.2. The SMILES string of the molecule is CCCC(C(=O)Nc1c(C)cc(Cl)cc1C)[N+](C)(C)CC(=O)OCc1ccccc1. The zero-order valence-electron chi connectivity index (χ0n) is 18.5. The number of hydrogen-bond acceptors (Lipinski definition) is 3. The zero-order valence-corrected chi connectivity index (χ0v) is 19.3. The van der Waals surface area contributed by atoms with Gasteiger partial charge in [-0.15, -0.1) is 0 Å². The third kappa shape index (κ3) is 6.57. The molecule has 5 nitrogen and oxygen atoms in total. The molecular formula is C24H32ClN2O3+. The molecule has 0 aliphatic heterocycles. The number of aryl methyl sites for hydroxylation is 2. The average molecular weight is 432 g/mol. The highest BCUT2D eigenvalue weighted by atomic mass is 35.5. The molecule has 0 saturated heterocycles. The molecule has 30 heavy (non-hydrogen) atoms. The number of nitrogens with one attached hydrogen (secondary N) is 1. The maximum Gasteiger partial charge on any atom is 0.362 e. The monoisotopic (exact) mass is 431 g/mol. The van der Waals surface area contributed by atoms with Gasteiger partial charge in [0.1, 0.15) is 6.61 Å². The van der Waals surface area contributed by atoms with Gasteiger partial charge in [-0.2, -0.15) is 0 Å². The molecule has 6 heteroatoms. The number of rotatable bonds is 9. The zero-order chi connectivity index (χ0) is 22.3. The Hall–Kier alpha value is -2.37. The number of nitrogens with zero attached hydrogens (tertiary/aromatic N) is 1. The molecule has 0 aromatic heterocycles. The number of anilines is 1. The van der Waals surface area contributed by atoms with Crippen molar-refractivity contribution in [2.45, 2.75) is 46.3 Å². The fourth-order valence-electron chi connectivity index (χ4n) is 3.61. The molecule has 2 rings (SSSR count). The van der Waals surface area contributed by atoms with E-state index in [4.69, 9.17) is 16.3 Å².